The van der Waals surface area contributed by atoms with E-state index in [4.69, 9.17) is 5.26 Å². The molecule has 1 aromatic heterocycles. The average molecular weight is 392 g/mol. The lowest BCUT2D eigenvalue weighted by atomic mass is 9.99. The van der Waals surface area contributed by atoms with E-state index in [0.29, 0.717) is 38.1 Å². The molecule has 3 rings (SSSR count). The van der Waals surface area contributed by atoms with Gasteiger partial charge in [0.1, 0.15) is 10.5 Å². The van der Waals surface area contributed by atoms with Crippen LogP contribution in [0.2, 0.25) is 0 Å². The van der Waals surface area contributed by atoms with E-state index in [-0.39, 0.29) is 24.1 Å². The summed E-state index contributed by atoms with van der Waals surface area (Å²) in [6.45, 7) is 0. The number of hydrogen-bond acceptors (Lipinski definition) is 5. The van der Waals surface area contributed by atoms with Gasteiger partial charge in [-0.2, -0.15) is 5.26 Å². The fraction of sp³-hybridized carbons (Fsp3) is 0.250. The first-order valence-electron chi connectivity index (χ1n) is 6.89. The van der Waals surface area contributed by atoms with E-state index < -0.39 is 5.82 Å². The van der Waals surface area contributed by atoms with Crippen molar-refractivity contribution in [2.45, 2.75) is 24.3 Å². The molecule has 4 nitrogen and oxygen atoms in total. The Kier molecular flexibility index (Phi) is 4.46. The molecule has 2 aromatic rings. The van der Waals surface area contributed by atoms with Crippen LogP contribution in [0.3, 0.4) is 0 Å². The van der Waals surface area contributed by atoms with Crippen molar-refractivity contribution in [1.29, 1.82) is 5.26 Å². The summed E-state index contributed by atoms with van der Waals surface area (Å²) in [5.41, 5.74) is 1.79. The van der Waals surface area contributed by atoms with Crippen molar-refractivity contribution in [1.82, 2.24) is 4.98 Å². The fourth-order valence-corrected chi connectivity index (χ4v) is 3.68. The number of aromatic nitrogens is 1. The first-order valence-corrected chi connectivity index (χ1v) is 8.91. The Morgan fingerprint density at radius 2 is 2.30 bits per heavy atom. The number of aryl methyl sites for hydroxylation is 1. The normalized spacial score (nSPS) is 13.2. The maximum Gasteiger partial charge on any atom is 0.173 e. The van der Waals surface area contributed by atoms with Crippen LogP contribution in [0.15, 0.2) is 20.6 Å². The molecule has 0 fully saturated rings. The molecular formula is C16H11BrFN3OS. The van der Waals surface area contributed by atoms with Crippen LogP contribution in [-0.4, -0.2) is 23.2 Å². The van der Waals surface area contributed by atoms with Gasteiger partial charge >= 0.3 is 0 Å². The highest BCUT2D eigenvalue weighted by Gasteiger charge is 2.25. The fourth-order valence-electron chi connectivity index (χ4n) is 2.58. The standard InChI is InChI=1S/C16H11BrFN3OS/c1-23-16-11-10(22)4-6-20-14(11)9-7-8(3-2-5-19)12(17)13(18)15(9)21-16/h6-7H,2-4H2,1H3. The van der Waals surface area contributed by atoms with Crippen LogP contribution in [-0.2, 0) is 6.42 Å². The molecule has 1 aliphatic heterocycles. The molecule has 0 saturated carbocycles. The number of nitrogens with zero attached hydrogens (tertiary/aromatic N) is 3. The smallest absolute Gasteiger partial charge is 0.173 e. The van der Waals surface area contributed by atoms with Crippen LogP contribution in [0.1, 0.15) is 28.8 Å². The van der Waals surface area contributed by atoms with Crippen LogP contribution in [0.25, 0.3) is 10.9 Å². The third-order valence-electron chi connectivity index (χ3n) is 3.65. The summed E-state index contributed by atoms with van der Waals surface area (Å²) >= 11 is 4.55. The van der Waals surface area contributed by atoms with Gasteiger partial charge in [0.2, 0.25) is 0 Å². The van der Waals surface area contributed by atoms with Crippen molar-refractivity contribution in [2.75, 3.05) is 6.26 Å². The van der Waals surface area contributed by atoms with E-state index >= 15 is 0 Å². The van der Waals surface area contributed by atoms with Crippen molar-refractivity contribution < 1.29 is 9.18 Å². The first kappa shape index (κ1) is 16.1. The zero-order chi connectivity index (χ0) is 16.6. The van der Waals surface area contributed by atoms with Gasteiger partial charge in [-0.05, 0) is 40.2 Å². The molecule has 23 heavy (non-hydrogen) atoms. The van der Waals surface area contributed by atoms with E-state index in [0.717, 1.165) is 0 Å². The molecule has 7 heteroatoms. The van der Waals surface area contributed by atoms with E-state index in [2.05, 4.69) is 32.0 Å². The number of pyridine rings is 1. The SMILES string of the molecule is CSc1nc2c(F)c(Br)c(CCC#N)cc2c2c1C(=O)CC=N2. The topological polar surface area (TPSA) is 66.1 Å². The Morgan fingerprint density at radius 1 is 1.52 bits per heavy atom. The van der Waals surface area contributed by atoms with Gasteiger partial charge in [0, 0.05) is 24.4 Å². The maximum absolute atomic E-state index is 14.7. The van der Waals surface area contributed by atoms with Crippen LogP contribution < -0.4 is 0 Å². The third kappa shape index (κ3) is 2.66. The minimum absolute atomic E-state index is 0.0596. The quantitative estimate of drug-likeness (QED) is 0.716. The second-order valence-electron chi connectivity index (χ2n) is 5.00. The number of hydrogen-bond donors (Lipinski definition) is 0. The van der Waals surface area contributed by atoms with Gasteiger partial charge in [-0.1, -0.05) is 0 Å². The Hall–Kier alpha value is -1.78. The number of nitriles is 1. The second kappa shape index (κ2) is 6.38. The highest BCUT2D eigenvalue weighted by atomic mass is 79.9. The number of carbonyl (C=O) groups is 1. The lowest BCUT2D eigenvalue weighted by Gasteiger charge is -2.16. The molecule has 0 aliphatic carbocycles. The van der Waals surface area contributed by atoms with Gasteiger partial charge in [-0.25, -0.2) is 9.37 Å². The summed E-state index contributed by atoms with van der Waals surface area (Å²) in [6.07, 6.45) is 4.27. The zero-order valence-corrected chi connectivity index (χ0v) is 14.6. The molecule has 0 spiro atoms. The Morgan fingerprint density at radius 3 is 3.00 bits per heavy atom. The lowest BCUT2D eigenvalue weighted by Crippen LogP contribution is -2.09. The number of halogens is 2. The molecule has 0 unspecified atom stereocenters. The highest BCUT2D eigenvalue weighted by Crippen LogP contribution is 2.40. The van der Waals surface area contributed by atoms with E-state index in [1.165, 1.54) is 11.8 Å². The number of aliphatic imine (C=N–C) groups is 1. The highest BCUT2D eigenvalue weighted by molar-refractivity contribution is 9.10. The number of carbonyl (C=O) groups excluding carboxylic acids is 1. The van der Waals surface area contributed by atoms with E-state index in [1.807, 2.05) is 0 Å². The summed E-state index contributed by atoms with van der Waals surface area (Å²) in [7, 11) is 0. The molecule has 116 valence electrons. The molecule has 1 aliphatic rings. The Balaban J connectivity index is 2.38. The average Bonchev–Trinajstić information content (AvgIpc) is 2.56. The summed E-state index contributed by atoms with van der Waals surface area (Å²) < 4.78 is 15.0. The Labute approximate surface area is 144 Å². The lowest BCUT2D eigenvalue weighted by molar-refractivity contribution is 0.0997. The van der Waals surface area contributed by atoms with Gasteiger partial charge in [-0.15, -0.1) is 11.8 Å². The number of fused-ring (bicyclic) bond motifs is 3. The van der Waals surface area contributed by atoms with Crippen LogP contribution in [0.4, 0.5) is 10.1 Å². The van der Waals surface area contributed by atoms with E-state index in [1.54, 1.807) is 18.5 Å². The van der Waals surface area contributed by atoms with Crippen LogP contribution >= 0.6 is 27.7 Å². The van der Waals surface area contributed by atoms with Crippen molar-refractivity contribution in [3.05, 3.63) is 27.5 Å². The molecule has 0 bridgehead atoms. The third-order valence-corrected chi connectivity index (χ3v) is 5.19. The maximum atomic E-state index is 14.7. The van der Waals surface area contributed by atoms with Gasteiger partial charge in [0.05, 0.1) is 21.8 Å². The first-order chi connectivity index (χ1) is 11.1. The minimum atomic E-state index is -0.484. The monoisotopic (exact) mass is 391 g/mol. The molecule has 0 radical (unpaired) electrons. The number of rotatable bonds is 3. The predicted molar refractivity (Wildman–Crippen MR) is 92.2 cm³/mol. The number of ketones is 1. The number of thioether (sulfide) groups is 1. The molecular weight excluding hydrogens is 381 g/mol. The molecule has 2 heterocycles. The summed E-state index contributed by atoms with van der Waals surface area (Å²) in [5, 5.41) is 9.75. The molecule has 0 atom stereocenters. The van der Waals surface area contributed by atoms with Gasteiger partial charge < -0.3 is 0 Å². The van der Waals surface area contributed by atoms with Gasteiger partial charge in [-0.3, -0.25) is 9.79 Å². The van der Waals surface area contributed by atoms with Crippen molar-refractivity contribution in [2.24, 2.45) is 4.99 Å². The zero-order valence-electron chi connectivity index (χ0n) is 12.2. The summed E-state index contributed by atoms with van der Waals surface area (Å²) in [6, 6.07) is 3.82. The number of benzene rings is 1. The number of Topliss-reactive ketones (excluding diaryl/α,β-unsaturated/α-hetero) is 1. The Bertz CT molecular complexity index is 905. The molecule has 0 N–H and O–H groups in total. The van der Waals surface area contributed by atoms with Crippen molar-refractivity contribution in [3.63, 3.8) is 0 Å². The van der Waals surface area contributed by atoms with Crippen LogP contribution in [0, 0.1) is 17.1 Å². The second-order valence-corrected chi connectivity index (χ2v) is 6.59. The molecule has 0 amide bonds. The summed E-state index contributed by atoms with van der Waals surface area (Å²) in [4.78, 5) is 20.9. The van der Waals surface area contributed by atoms with Crippen molar-refractivity contribution in [3.8, 4) is 6.07 Å². The summed E-state index contributed by atoms with van der Waals surface area (Å²) in [5.74, 6) is -0.544. The largest absolute Gasteiger partial charge is 0.294 e. The molecule has 0 saturated heterocycles. The van der Waals surface area contributed by atoms with Gasteiger partial charge in [0.15, 0.2) is 11.6 Å². The van der Waals surface area contributed by atoms with Crippen LogP contribution in [0.5, 0.6) is 0 Å². The van der Waals surface area contributed by atoms with Crippen molar-refractivity contribution >= 4 is 56.3 Å². The van der Waals surface area contributed by atoms with Gasteiger partial charge in [0.25, 0.3) is 0 Å². The predicted octanol–water partition coefficient (Wildman–Crippen LogP) is 4.60. The molecule has 1 aromatic carbocycles. The minimum Gasteiger partial charge on any atom is -0.294 e. The van der Waals surface area contributed by atoms with E-state index in [9.17, 15) is 9.18 Å².